The SMILES string of the molecule is O=C(N[C@@H]1CCCc2ccccc21)c1ccc2c(=O)[nH]c(=S)[nH]c2c1. The molecule has 0 saturated heterocycles. The van der Waals surface area contributed by atoms with E-state index in [0.717, 1.165) is 19.3 Å². The van der Waals surface area contributed by atoms with Gasteiger partial charge in [-0.05, 0) is 60.8 Å². The standard InChI is InChI=1S/C19H17N3O2S/c23-17(20-15-7-3-5-11-4-1-2-6-13(11)15)12-8-9-14-16(10-12)21-19(25)22-18(14)24/h1-2,4,6,8-10,15H,3,5,7H2,(H,20,23)(H2,21,22,24,25)/t15-/m1/s1. The maximum absolute atomic E-state index is 12.7. The van der Waals surface area contributed by atoms with Crippen LogP contribution in [0.5, 0.6) is 0 Å². The van der Waals surface area contributed by atoms with E-state index in [1.165, 1.54) is 11.1 Å². The highest BCUT2D eigenvalue weighted by Crippen LogP contribution is 2.29. The number of aromatic amines is 2. The van der Waals surface area contributed by atoms with Gasteiger partial charge in [0.05, 0.1) is 16.9 Å². The number of aromatic nitrogens is 2. The summed E-state index contributed by atoms with van der Waals surface area (Å²) >= 11 is 5.00. The molecule has 2 aromatic carbocycles. The van der Waals surface area contributed by atoms with Gasteiger partial charge in [-0.15, -0.1) is 0 Å². The van der Waals surface area contributed by atoms with Gasteiger partial charge < -0.3 is 10.3 Å². The minimum absolute atomic E-state index is 0.0193. The van der Waals surface area contributed by atoms with Crippen LogP contribution in [-0.2, 0) is 6.42 Å². The van der Waals surface area contributed by atoms with Gasteiger partial charge in [0.1, 0.15) is 0 Å². The second-order valence-electron chi connectivity index (χ2n) is 6.29. The first-order valence-corrected chi connectivity index (χ1v) is 8.68. The molecule has 126 valence electrons. The van der Waals surface area contributed by atoms with Crippen molar-refractivity contribution in [2.45, 2.75) is 25.3 Å². The van der Waals surface area contributed by atoms with Gasteiger partial charge in [-0.3, -0.25) is 14.6 Å². The van der Waals surface area contributed by atoms with E-state index in [0.29, 0.717) is 16.5 Å². The summed E-state index contributed by atoms with van der Waals surface area (Å²) in [6.45, 7) is 0. The Morgan fingerprint density at radius 2 is 2.00 bits per heavy atom. The zero-order chi connectivity index (χ0) is 17.4. The summed E-state index contributed by atoms with van der Waals surface area (Å²) in [6.07, 6.45) is 3.04. The van der Waals surface area contributed by atoms with Crippen LogP contribution in [0.1, 0.15) is 40.4 Å². The molecule has 0 saturated carbocycles. The molecule has 1 amide bonds. The predicted octanol–water partition coefficient (Wildman–Crippen LogP) is 3.39. The van der Waals surface area contributed by atoms with Crippen molar-refractivity contribution >= 4 is 29.0 Å². The average molecular weight is 351 g/mol. The molecular formula is C19H17N3O2S. The quantitative estimate of drug-likeness (QED) is 0.619. The number of aryl methyl sites for hydroxylation is 1. The lowest BCUT2D eigenvalue weighted by Crippen LogP contribution is -2.31. The van der Waals surface area contributed by atoms with Crippen LogP contribution in [0.25, 0.3) is 10.9 Å². The molecule has 3 N–H and O–H groups in total. The topological polar surface area (TPSA) is 77.8 Å². The smallest absolute Gasteiger partial charge is 0.259 e. The van der Waals surface area contributed by atoms with Crippen molar-refractivity contribution in [1.29, 1.82) is 0 Å². The van der Waals surface area contributed by atoms with Gasteiger partial charge in [-0.25, -0.2) is 0 Å². The minimum Gasteiger partial charge on any atom is -0.345 e. The van der Waals surface area contributed by atoms with Crippen LogP contribution >= 0.6 is 12.2 Å². The molecule has 1 aliphatic rings. The number of amides is 1. The number of nitrogens with one attached hydrogen (secondary N) is 3. The van der Waals surface area contributed by atoms with Crippen LogP contribution in [0.15, 0.2) is 47.3 Å². The normalized spacial score (nSPS) is 16.4. The molecule has 1 atom stereocenters. The maximum Gasteiger partial charge on any atom is 0.259 e. The molecule has 0 aliphatic heterocycles. The number of carbonyl (C=O) groups excluding carboxylic acids is 1. The Kier molecular flexibility index (Phi) is 3.97. The average Bonchev–Trinajstić information content (AvgIpc) is 2.61. The number of rotatable bonds is 2. The predicted molar refractivity (Wildman–Crippen MR) is 99.3 cm³/mol. The molecule has 4 rings (SSSR count). The van der Waals surface area contributed by atoms with Crippen molar-refractivity contribution in [3.05, 3.63) is 74.3 Å². The molecule has 3 aromatic rings. The third kappa shape index (κ3) is 3.00. The first-order chi connectivity index (χ1) is 12.1. The fourth-order valence-electron chi connectivity index (χ4n) is 3.46. The molecular weight excluding hydrogens is 334 g/mol. The lowest BCUT2D eigenvalue weighted by atomic mass is 9.87. The summed E-state index contributed by atoms with van der Waals surface area (Å²) in [4.78, 5) is 30.1. The summed E-state index contributed by atoms with van der Waals surface area (Å²) in [5.74, 6) is -0.150. The zero-order valence-corrected chi connectivity index (χ0v) is 14.3. The zero-order valence-electron chi connectivity index (χ0n) is 13.5. The molecule has 0 unspecified atom stereocenters. The Balaban J connectivity index is 1.65. The van der Waals surface area contributed by atoms with E-state index < -0.39 is 0 Å². The van der Waals surface area contributed by atoms with Crippen molar-refractivity contribution in [2.24, 2.45) is 0 Å². The number of carbonyl (C=O) groups is 1. The van der Waals surface area contributed by atoms with Gasteiger partial charge in [0.15, 0.2) is 4.77 Å². The Labute approximate surface area is 149 Å². The molecule has 1 aromatic heterocycles. The lowest BCUT2D eigenvalue weighted by molar-refractivity contribution is 0.0933. The van der Waals surface area contributed by atoms with Crippen LogP contribution in [0.2, 0.25) is 0 Å². The summed E-state index contributed by atoms with van der Waals surface area (Å²) in [5, 5.41) is 3.60. The van der Waals surface area contributed by atoms with Crippen molar-refractivity contribution in [1.82, 2.24) is 15.3 Å². The first-order valence-electron chi connectivity index (χ1n) is 8.27. The van der Waals surface area contributed by atoms with Crippen molar-refractivity contribution < 1.29 is 4.79 Å². The third-order valence-electron chi connectivity index (χ3n) is 4.68. The molecule has 0 radical (unpaired) electrons. The minimum atomic E-state index is -0.257. The molecule has 1 aliphatic carbocycles. The highest BCUT2D eigenvalue weighted by Gasteiger charge is 2.22. The van der Waals surface area contributed by atoms with E-state index in [-0.39, 0.29) is 22.3 Å². The number of benzene rings is 2. The van der Waals surface area contributed by atoms with Crippen LogP contribution < -0.4 is 10.9 Å². The highest BCUT2D eigenvalue weighted by atomic mass is 32.1. The number of fused-ring (bicyclic) bond motifs is 2. The Bertz CT molecular complexity index is 1080. The fraction of sp³-hybridized carbons (Fsp3) is 0.211. The number of hydrogen-bond donors (Lipinski definition) is 3. The van der Waals surface area contributed by atoms with Crippen molar-refractivity contribution in [3.8, 4) is 0 Å². The van der Waals surface area contributed by atoms with Crippen molar-refractivity contribution in [2.75, 3.05) is 0 Å². The van der Waals surface area contributed by atoms with Crippen molar-refractivity contribution in [3.63, 3.8) is 0 Å². The largest absolute Gasteiger partial charge is 0.345 e. The summed E-state index contributed by atoms with van der Waals surface area (Å²) < 4.78 is 0.247. The molecule has 6 heteroatoms. The second-order valence-corrected chi connectivity index (χ2v) is 6.69. The Hall–Kier alpha value is -2.73. The van der Waals surface area contributed by atoms with Crippen LogP contribution in [0.3, 0.4) is 0 Å². The molecule has 25 heavy (non-hydrogen) atoms. The van der Waals surface area contributed by atoms with Gasteiger partial charge in [-0.1, -0.05) is 24.3 Å². The van der Waals surface area contributed by atoms with E-state index in [4.69, 9.17) is 12.2 Å². The summed E-state index contributed by atoms with van der Waals surface area (Å²) in [6, 6.07) is 13.2. The first kappa shape index (κ1) is 15.8. The molecule has 0 fully saturated rings. The number of H-pyrrole nitrogens is 2. The molecule has 1 heterocycles. The van der Waals surface area contributed by atoms with Crippen LogP contribution in [0.4, 0.5) is 0 Å². The fourth-order valence-corrected chi connectivity index (χ4v) is 3.66. The van der Waals surface area contributed by atoms with Gasteiger partial charge >= 0.3 is 0 Å². The van der Waals surface area contributed by atoms with Gasteiger partial charge in [0.25, 0.3) is 11.5 Å². The lowest BCUT2D eigenvalue weighted by Gasteiger charge is -2.26. The van der Waals surface area contributed by atoms with Gasteiger partial charge in [0.2, 0.25) is 0 Å². The summed E-state index contributed by atoms with van der Waals surface area (Å²) in [5.41, 5.74) is 3.30. The van der Waals surface area contributed by atoms with E-state index in [9.17, 15) is 9.59 Å². The third-order valence-corrected chi connectivity index (χ3v) is 4.88. The van der Waals surface area contributed by atoms with Gasteiger partial charge in [0, 0.05) is 5.56 Å². The van der Waals surface area contributed by atoms with Crippen LogP contribution in [-0.4, -0.2) is 15.9 Å². The van der Waals surface area contributed by atoms with E-state index in [1.54, 1.807) is 18.2 Å². The number of hydrogen-bond acceptors (Lipinski definition) is 3. The molecule has 0 spiro atoms. The van der Waals surface area contributed by atoms with E-state index in [2.05, 4.69) is 27.4 Å². The molecule has 0 bridgehead atoms. The van der Waals surface area contributed by atoms with Crippen LogP contribution in [0, 0.1) is 4.77 Å². The van der Waals surface area contributed by atoms with E-state index >= 15 is 0 Å². The summed E-state index contributed by atoms with van der Waals surface area (Å²) in [7, 11) is 0. The second kappa shape index (κ2) is 6.29. The van der Waals surface area contributed by atoms with E-state index in [1.807, 2.05) is 12.1 Å². The van der Waals surface area contributed by atoms with Gasteiger partial charge in [-0.2, -0.15) is 0 Å². The Morgan fingerprint density at radius 3 is 2.88 bits per heavy atom. The maximum atomic E-state index is 12.7. The highest BCUT2D eigenvalue weighted by molar-refractivity contribution is 7.71. The molecule has 5 nitrogen and oxygen atoms in total. The Morgan fingerprint density at radius 1 is 1.16 bits per heavy atom. The monoisotopic (exact) mass is 351 g/mol.